The highest BCUT2D eigenvalue weighted by Gasteiger charge is 2.17. The van der Waals surface area contributed by atoms with Crippen molar-refractivity contribution in [2.45, 2.75) is 33.4 Å². The maximum Gasteiger partial charge on any atom is 0.272 e. The highest BCUT2D eigenvalue weighted by Crippen LogP contribution is 2.32. The Hall–Kier alpha value is -2.08. The van der Waals surface area contributed by atoms with Crippen LogP contribution in [0.25, 0.3) is 21.5 Å². The first-order valence-corrected chi connectivity index (χ1v) is 7.82. The van der Waals surface area contributed by atoms with E-state index in [9.17, 15) is 4.79 Å². The van der Waals surface area contributed by atoms with Gasteiger partial charge in [0.25, 0.3) is 5.56 Å². The smallest absolute Gasteiger partial charge is 0.272 e. The Morgan fingerprint density at radius 2 is 2.29 bits per heavy atom. The summed E-state index contributed by atoms with van der Waals surface area (Å²) in [4.78, 5) is 17.3. The predicted octanol–water partition coefficient (Wildman–Crippen LogP) is 3.56. The lowest BCUT2D eigenvalue weighted by molar-refractivity contribution is 0.583. The van der Waals surface area contributed by atoms with Crippen LogP contribution < -0.4 is 10.9 Å². The number of aromatic nitrogens is 2. The van der Waals surface area contributed by atoms with E-state index in [1.165, 1.54) is 11.3 Å². The molecule has 0 aromatic carbocycles. The van der Waals surface area contributed by atoms with Gasteiger partial charge in [-0.1, -0.05) is 0 Å². The minimum atomic E-state index is -0.00606. The van der Waals surface area contributed by atoms with Crippen molar-refractivity contribution in [2.24, 2.45) is 0 Å². The molecule has 0 spiro atoms. The molecule has 3 aromatic rings. The Balaban J connectivity index is 2.27. The molecule has 3 heterocycles. The SMILES string of the molecule is CCn1c(NC(C)C)nc2c(-c3ccco3)csc2c1=O. The summed E-state index contributed by atoms with van der Waals surface area (Å²) in [6.45, 7) is 6.58. The molecule has 1 N–H and O–H groups in total. The molecule has 0 fully saturated rings. The van der Waals surface area contributed by atoms with Crippen molar-refractivity contribution >= 4 is 27.5 Å². The number of nitrogens with zero attached hydrogens (tertiary/aromatic N) is 2. The van der Waals surface area contributed by atoms with E-state index in [1.807, 2.05) is 38.3 Å². The summed E-state index contributed by atoms with van der Waals surface area (Å²) in [6.07, 6.45) is 1.62. The molecule has 0 aliphatic rings. The van der Waals surface area contributed by atoms with Crippen molar-refractivity contribution < 1.29 is 4.42 Å². The Morgan fingerprint density at radius 1 is 1.48 bits per heavy atom. The van der Waals surface area contributed by atoms with Crippen molar-refractivity contribution in [3.8, 4) is 11.3 Å². The van der Waals surface area contributed by atoms with Crippen LogP contribution in [-0.4, -0.2) is 15.6 Å². The number of nitrogens with one attached hydrogen (secondary N) is 1. The minimum Gasteiger partial charge on any atom is -0.464 e. The third-order valence-corrected chi connectivity index (χ3v) is 4.16. The van der Waals surface area contributed by atoms with Gasteiger partial charge in [-0.25, -0.2) is 4.98 Å². The molecular weight excluding hydrogens is 286 g/mol. The van der Waals surface area contributed by atoms with Crippen LogP contribution in [0.2, 0.25) is 0 Å². The van der Waals surface area contributed by atoms with Gasteiger partial charge in [-0.15, -0.1) is 11.3 Å². The molecule has 0 aliphatic heterocycles. The average Bonchev–Trinajstić information content (AvgIpc) is 3.06. The molecule has 0 bridgehead atoms. The molecular formula is C15H17N3O2S. The van der Waals surface area contributed by atoms with Crippen molar-refractivity contribution in [3.05, 3.63) is 34.1 Å². The average molecular weight is 303 g/mol. The lowest BCUT2D eigenvalue weighted by Gasteiger charge is -2.14. The lowest BCUT2D eigenvalue weighted by atomic mass is 10.2. The molecule has 3 rings (SSSR count). The summed E-state index contributed by atoms with van der Waals surface area (Å²) < 4.78 is 7.78. The Morgan fingerprint density at radius 3 is 2.90 bits per heavy atom. The second-order valence-electron chi connectivity index (χ2n) is 5.09. The van der Waals surface area contributed by atoms with E-state index in [0.29, 0.717) is 22.7 Å². The first-order chi connectivity index (χ1) is 10.1. The molecule has 0 unspecified atom stereocenters. The molecule has 5 nitrogen and oxygen atoms in total. The summed E-state index contributed by atoms with van der Waals surface area (Å²) in [5.41, 5.74) is 1.56. The zero-order valence-electron chi connectivity index (χ0n) is 12.2. The van der Waals surface area contributed by atoms with Crippen LogP contribution >= 0.6 is 11.3 Å². The molecule has 0 saturated heterocycles. The van der Waals surface area contributed by atoms with Gasteiger partial charge >= 0.3 is 0 Å². The number of fused-ring (bicyclic) bond motifs is 1. The number of hydrogen-bond donors (Lipinski definition) is 1. The van der Waals surface area contributed by atoms with E-state index < -0.39 is 0 Å². The van der Waals surface area contributed by atoms with Gasteiger partial charge in [-0.2, -0.15) is 0 Å². The van der Waals surface area contributed by atoms with Crippen molar-refractivity contribution in [3.63, 3.8) is 0 Å². The summed E-state index contributed by atoms with van der Waals surface area (Å²) in [5, 5.41) is 5.17. The molecule has 0 aliphatic carbocycles. The summed E-state index contributed by atoms with van der Waals surface area (Å²) in [5.74, 6) is 1.34. The molecule has 0 saturated carbocycles. The Kier molecular flexibility index (Phi) is 3.55. The molecule has 110 valence electrons. The van der Waals surface area contributed by atoms with Crippen LogP contribution in [0.1, 0.15) is 20.8 Å². The summed E-state index contributed by atoms with van der Waals surface area (Å²) in [6, 6.07) is 3.92. The number of anilines is 1. The second-order valence-corrected chi connectivity index (χ2v) is 5.97. The van der Waals surface area contributed by atoms with E-state index in [4.69, 9.17) is 4.42 Å². The fraction of sp³-hybridized carbons (Fsp3) is 0.333. The zero-order chi connectivity index (χ0) is 15.0. The minimum absolute atomic E-state index is 0.00606. The highest BCUT2D eigenvalue weighted by molar-refractivity contribution is 7.17. The first-order valence-electron chi connectivity index (χ1n) is 6.94. The van der Waals surface area contributed by atoms with Gasteiger partial charge in [-0.05, 0) is 32.9 Å². The van der Waals surface area contributed by atoms with Crippen LogP contribution in [-0.2, 0) is 6.54 Å². The highest BCUT2D eigenvalue weighted by atomic mass is 32.1. The molecule has 0 atom stereocenters. The van der Waals surface area contributed by atoms with Gasteiger partial charge in [0.05, 0.1) is 11.8 Å². The summed E-state index contributed by atoms with van der Waals surface area (Å²) >= 11 is 1.41. The fourth-order valence-electron chi connectivity index (χ4n) is 2.27. The van der Waals surface area contributed by atoms with E-state index in [1.54, 1.807) is 10.8 Å². The number of thiophene rings is 1. The largest absolute Gasteiger partial charge is 0.464 e. The summed E-state index contributed by atoms with van der Waals surface area (Å²) in [7, 11) is 0. The van der Waals surface area contributed by atoms with Crippen molar-refractivity contribution in [2.75, 3.05) is 5.32 Å². The first kappa shape index (κ1) is 13.9. The lowest BCUT2D eigenvalue weighted by Crippen LogP contribution is -2.26. The maximum atomic E-state index is 12.6. The third kappa shape index (κ3) is 2.35. The Labute approximate surface area is 126 Å². The van der Waals surface area contributed by atoms with Gasteiger partial charge in [0.2, 0.25) is 5.95 Å². The van der Waals surface area contributed by atoms with Crippen LogP contribution in [0.5, 0.6) is 0 Å². The third-order valence-electron chi connectivity index (χ3n) is 3.20. The standard InChI is InChI=1S/C15H17N3O2S/c1-4-18-14(19)13-12(17-15(18)16-9(2)3)10(8-21-13)11-6-5-7-20-11/h5-9H,4H2,1-3H3,(H,16,17). The molecule has 3 aromatic heterocycles. The zero-order valence-corrected chi connectivity index (χ0v) is 13.0. The van der Waals surface area contributed by atoms with Crippen molar-refractivity contribution in [1.82, 2.24) is 9.55 Å². The van der Waals surface area contributed by atoms with E-state index >= 15 is 0 Å². The Bertz CT molecular complexity index is 815. The quantitative estimate of drug-likeness (QED) is 0.800. The van der Waals surface area contributed by atoms with Gasteiger partial charge in [-0.3, -0.25) is 9.36 Å². The fourth-order valence-corrected chi connectivity index (χ4v) is 3.21. The molecule has 21 heavy (non-hydrogen) atoms. The van der Waals surface area contributed by atoms with Gasteiger partial charge in [0.15, 0.2) is 0 Å². The molecule has 0 radical (unpaired) electrons. The van der Waals surface area contributed by atoms with E-state index in [2.05, 4.69) is 10.3 Å². The van der Waals surface area contributed by atoms with Gasteiger partial charge in [0, 0.05) is 18.0 Å². The monoisotopic (exact) mass is 303 g/mol. The molecule has 6 heteroatoms. The number of hydrogen-bond acceptors (Lipinski definition) is 5. The van der Waals surface area contributed by atoms with Crippen molar-refractivity contribution in [1.29, 1.82) is 0 Å². The topological polar surface area (TPSA) is 60.1 Å². The van der Waals surface area contributed by atoms with Gasteiger partial charge < -0.3 is 9.73 Å². The normalized spacial score (nSPS) is 11.4. The van der Waals surface area contributed by atoms with Crippen LogP contribution in [0.3, 0.4) is 0 Å². The second kappa shape index (κ2) is 5.37. The van der Waals surface area contributed by atoms with E-state index in [-0.39, 0.29) is 11.6 Å². The van der Waals surface area contributed by atoms with Crippen LogP contribution in [0, 0.1) is 0 Å². The van der Waals surface area contributed by atoms with Crippen LogP contribution in [0.15, 0.2) is 33.0 Å². The number of rotatable bonds is 4. The van der Waals surface area contributed by atoms with E-state index in [0.717, 1.165) is 11.3 Å². The predicted molar refractivity (Wildman–Crippen MR) is 86.0 cm³/mol. The molecule has 0 amide bonds. The maximum absolute atomic E-state index is 12.6. The van der Waals surface area contributed by atoms with Crippen LogP contribution in [0.4, 0.5) is 5.95 Å². The number of furan rings is 1. The van der Waals surface area contributed by atoms with Gasteiger partial charge in [0.1, 0.15) is 16.0 Å².